The van der Waals surface area contributed by atoms with Gasteiger partial charge in [0.2, 0.25) is 0 Å². The number of hydrogen-bond donors (Lipinski definition) is 1. The fourth-order valence-electron chi connectivity index (χ4n) is 8.81. The summed E-state index contributed by atoms with van der Waals surface area (Å²) in [5.41, 5.74) is 3.97. The lowest BCUT2D eigenvalue weighted by molar-refractivity contribution is -0.152. The Morgan fingerprint density at radius 3 is 2.37 bits per heavy atom. The van der Waals surface area contributed by atoms with Crippen LogP contribution in [0.25, 0.3) is 0 Å². The Kier molecular flexibility index (Phi) is 11.4. The maximum absolute atomic E-state index is 13.2. The summed E-state index contributed by atoms with van der Waals surface area (Å²) in [6, 6.07) is 23.6. The van der Waals surface area contributed by atoms with E-state index in [4.69, 9.17) is 23.7 Å². The van der Waals surface area contributed by atoms with Crippen LogP contribution in [-0.4, -0.2) is 70.1 Å². The van der Waals surface area contributed by atoms with Crippen molar-refractivity contribution in [1.82, 2.24) is 15.0 Å². The number of carbonyl (C=O) groups excluding carboxylic acids is 2. The average molecular weight is 737 g/mol. The minimum absolute atomic E-state index is 0.0796. The lowest BCUT2D eigenvalue weighted by atomic mass is 9.54. The van der Waals surface area contributed by atoms with Crippen LogP contribution in [0.4, 0.5) is 0 Å². The van der Waals surface area contributed by atoms with E-state index in [2.05, 4.69) is 41.4 Å². The predicted octanol–water partition coefficient (Wildman–Crippen LogP) is 7.00. The van der Waals surface area contributed by atoms with Crippen molar-refractivity contribution < 1.29 is 38.5 Å². The fraction of sp³-hybridized carbons (Fsp3) is 0.452. The van der Waals surface area contributed by atoms with Crippen molar-refractivity contribution in [3.63, 3.8) is 0 Å². The predicted molar refractivity (Wildman–Crippen MR) is 198 cm³/mol. The van der Waals surface area contributed by atoms with Gasteiger partial charge < -0.3 is 28.9 Å². The van der Waals surface area contributed by atoms with Gasteiger partial charge in [0.05, 0.1) is 23.9 Å². The van der Waals surface area contributed by atoms with Crippen LogP contribution in [0.15, 0.2) is 90.2 Å². The fourth-order valence-corrected chi connectivity index (χ4v) is 8.81. The minimum atomic E-state index is -1.05. The molecule has 2 heterocycles. The number of methoxy groups -OCH3 is 1. The van der Waals surface area contributed by atoms with E-state index in [1.54, 1.807) is 77.8 Å². The average Bonchev–Trinajstić information content (AvgIpc) is 3.78. The number of nitrogens with zero attached hydrogens (tertiary/aromatic N) is 4. The Hall–Kier alpha value is -5.07. The molecule has 2 fully saturated rings. The lowest BCUT2D eigenvalue weighted by Crippen LogP contribution is -2.43. The van der Waals surface area contributed by atoms with E-state index in [1.807, 2.05) is 6.07 Å². The smallest absolute Gasteiger partial charge is 0.338 e. The molecule has 54 heavy (non-hydrogen) atoms. The molecule has 8 atom stereocenters. The molecule has 0 unspecified atom stereocenters. The minimum Gasteiger partial charge on any atom is -0.487 e. The zero-order chi connectivity index (χ0) is 37.7. The first-order valence-corrected chi connectivity index (χ1v) is 18.8. The molecule has 4 aromatic rings. The highest BCUT2D eigenvalue weighted by Gasteiger charge is 2.51. The molecule has 0 spiro atoms. The molecular formula is C42H48N4O8. The largest absolute Gasteiger partial charge is 0.487 e. The van der Waals surface area contributed by atoms with Crippen LogP contribution in [0, 0.1) is 17.3 Å². The van der Waals surface area contributed by atoms with Crippen molar-refractivity contribution in [1.29, 1.82) is 0 Å². The molecule has 0 bridgehead atoms. The second-order valence-electron chi connectivity index (χ2n) is 14.8. The van der Waals surface area contributed by atoms with Gasteiger partial charge in [0, 0.05) is 18.7 Å². The Morgan fingerprint density at radius 1 is 1.00 bits per heavy atom. The Bertz CT molecular complexity index is 1920. The van der Waals surface area contributed by atoms with E-state index in [0.29, 0.717) is 34.6 Å². The number of esters is 2. The van der Waals surface area contributed by atoms with E-state index >= 15 is 0 Å². The number of carbonyl (C=O) groups is 2. The number of aromatic nitrogens is 3. The van der Waals surface area contributed by atoms with Crippen LogP contribution in [0.5, 0.6) is 5.75 Å². The zero-order valence-corrected chi connectivity index (χ0v) is 31.0. The van der Waals surface area contributed by atoms with Crippen LogP contribution in [0.1, 0.15) is 89.4 Å². The summed E-state index contributed by atoms with van der Waals surface area (Å²) in [6.07, 6.45) is 6.13. The number of aryl methyl sites for hydroxylation is 1. The summed E-state index contributed by atoms with van der Waals surface area (Å²) in [7, 11) is 1.44. The first-order valence-electron chi connectivity index (χ1n) is 18.8. The van der Waals surface area contributed by atoms with Crippen LogP contribution < -0.4 is 4.74 Å². The molecule has 284 valence electrons. The van der Waals surface area contributed by atoms with Crippen LogP contribution in [-0.2, 0) is 38.5 Å². The third-order valence-corrected chi connectivity index (χ3v) is 11.4. The lowest BCUT2D eigenvalue weighted by Gasteiger charge is -2.50. The molecule has 1 saturated carbocycles. The number of fused-ring (bicyclic) bond motifs is 3. The summed E-state index contributed by atoms with van der Waals surface area (Å²) < 4.78 is 31.4. The van der Waals surface area contributed by atoms with Crippen molar-refractivity contribution in [2.75, 3.05) is 7.11 Å². The van der Waals surface area contributed by atoms with E-state index in [9.17, 15) is 14.8 Å². The molecule has 3 aromatic carbocycles. The van der Waals surface area contributed by atoms with Crippen molar-refractivity contribution in [3.8, 4) is 5.75 Å². The first kappa shape index (κ1) is 37.3. The van der Waals surface area contributed by atoms with Gasteiger partial charge in [-0.2, -0.15) is 0 Å². The molecule has 1 N–H and O–H groups in total. The number of ether oxygens (including phenoxy) is 5. The van der Waals surface area contributed by atoms with Crippen molar-refractivity contribution in [2.24, 2.45) is 22.4 Å². The highest BCUT2D eigenvalue weighted by atomic mass is 16.7. The topological polar surface area (TPSA) is 144 Å². The van der Waals surface area contributed by atoms with Crippen molar-refractivity contribution in [2.45, 2.75) is 96.0 Å². The number of oxime groups is 1. The van der Waals surface area contributed by atoms with Gasteiger partial charge >= 0.3 is 11.9 Å². The van der Waals surface area contributed by atoms with Gasteiger partial charge in [-0.15, -0.1) is 10.3 Å². The molecular weight excluding hydrogens is 688 g/mol. The number of rotatable bonds is 13. The Balaban J connectivity index is 1.02. The number of hydrogen-bond acceptors (Lipinski definition) is 11. The van der Waals surface area contributed by atoms with Gasteiger partial charge in [-0.3, -0.25) is 0 Å². The van der Waals surface area contributed by atoms with Gasteiger partial charge in [0.1, 0.15) is 24.2 Å². The van der Waals surface area contributed by atoms with Crippen LogP contribution in [0.2, 0.25) is 0 Å². The van der Waals surface area contributed by atoms with Gasteiger partial charge in [-0.25, -0.2) is 14.3 Å². The maximum Gasteiger partial charge on any atom is 0.338 e. The first-order chi connectivity index (χ1) is 26.3. The second kappa shape index (κ2) is 16.5. The van der Waals surface area contributed by atoms with Crippen molar-refractivity contribution >= 4 is 18.2 Å². The summed E-state index contributed by atoms with van der Waals surface area (Å²) in [4.78, 5) is 26.4. The van der Waals surface area contributed by atoms with E-state index < -0.39 is 36.5 Å². The standard InChI is InChI=1S/C42H48N4O8/c1-4-11-35-34-18-16-29-22-31(17-19-32(29)33(34)20-21-42(35,2)26-43-49)51-25-30-23-46(45-44-30)24-36-37(53-39(47)27-12-7-5-8-13-27)38(41(50-3)52-36)54-40(48)28-14-9-6-10-15-28/h5-10,12-15,17,19,22-23,26,33-38,41,49H,4,11,16,18,20-21,24-25H2,1-3H3/b43-26+/t33-,34-,35+,36-,37-,38-,41-,42-/m1/s1. The molecule has 2 aliphatic carbocycles. The van der Waals surface area contributed by atoms with E-state index in [0.717, 1.165) is 44.3 Å². The number of benzene rings is 3. The van der Waals surface area contributed by atoms with Crippen LogP contribution >= 0.6 is 0 Å². The maximum atomic E-state index is 13.2. The molecule has 1 aromatic heterocycles. The van der Waals surface area contributed by atoms with Crippen LogP contribution in [0.3, 0.4) is 0 Å². The molecule has 1 saturated heterocycles. The molecule has 3 aliphatic rings. The van der Waals surface area contributed by atoms with E-state index in [1.165, 1.54) is 18.2 Å². The normalized spacial score (nSPS) is 27.6. The van der Waals surface area contributed by atoms with Gasteiger partial charge in [0.15, 0.2) is 18.5 Å². The molecule has 7 rings (SSSR count). The summed E-state index contributed by atoms with van der Waals surface area (Å²) >= 11 is 0. The zero-order valence-electron chi connectivity index (χ0n) is 31.0. The molecule has 12 heteroatoms. The molecule has 12 nitrogen and oxygen atoms in total. The Morgan fingerprint density at radius 2 is 1.70 bits per heavy atom. The molecule has 0 radical (unpaired) electrons. The quantitative estimate of drug-likeness (QED) is 0.0660. The monoisotopic (exact) mass is 736 g/mol. The summed E-state index contributed by atoms with van der Waals surface area (Å²) in [5.74, 6) is 1.14. The molecule has 0 amide bonds. The van der Waals surface area contributed by atoms with Crippen molar-refractivity contribution in [3.05, 3.63) is 113 Å². The van der Waals surface area contributed by atoms with Gasteiger partial charge in [-0.05, 0) is 97.4 Å². The van der Waals surface area contributed by atoms with Gasteiger partial charge in [-0.1, -0.05) is 67.9 Å². The third kappa shape index (κ3) is 7.90. The van der Waals surface area contributed by atoms with E-state index in [-0.39, 0.29) is 18.6 Å². The molecule has 1 aliphatic heterocycles. The Labute approximate surface area is 315 Å². The summed E-state index contributed by atoms with van der Waals surface area (Å²) in [5, 5.41) is 21.5. The second-order valence-corrected chi connectivity index (χ2v) is 14.8. The summed E-state index contributed by atoms with van der Waals surface area (Å²) in [6.45, 7) is 4.84. The highest BCUT2D eigenvalue weighted by Crippen LogP contribution is 2.55. The third-order valence-electron chi connectivity index (χ3n) is 11.4. The SMILES string of the molecule is CCC[C@H]1[C@@H]2CCc3cc(OCc4cn(C[C@H]5O[C@@H](OC)[C@H](OC(=O)c6ccccc6)[C@@H]5OC(=O)c5ccccc5)nn4)ccc3[C@H]2CC[C@]1(C)/C=N/O. The van der Waals surface area contributed by atoms with Gasteiger partial charge in [0.25, 0.3) is 0 Å². The highest BCUT2D eigenvalue weighted by molar-refractivity contribution is 5.90.